The monoisotopic (exact) mass is 556 g/mol. The van der Waals surface area contributed by atoms with Crippen molar-refractivity contribution in [3.63, 3.8) is 0 Å². The zero-order valence-electron chi connectivity index (χ0n) is 19.1. The number of hydrogen-bond acceptors (Lipinski definition) is 3. The normalized spacial score (nSPS) is 13.2. The SMILES string of the molecule is CC(C)(C)OC(=O)[C@@H](Cc1ccc(I)cc1)[C@H](Cc1ccc(-c2ccccc2)cc1)C(=O)O. The molecule has 0 fully saturated rings. The van der Waals surface area contributed by atoms with Gasteiger partial charge in [0.25, 0.3) is 0 Å². The van der Waals surface area contributed by atoms with E-state index in [0.717, 1.165) is 25.8 Å². The first kappa shape index (κ1) is 25.0. The average molecular weight is 556 g/mol. The molecule has 0 radical (unpaired) electrons. The van der Waals surface area contributed by atoms with Crippen LogP contribution in [0.4, 0.5) is 0 Å². The Morgan fingerprint density at radius 3 is 1.79 bits per heavy atom. The van der Waals surface area contributed by atoms with Gasteiger partial charge >= 0.3 is 11.9 Å². The number of esters is 1. The summed E-state index contributed by atoms with van der Waals surface area (Å²) in [6.07, 6.45) is 0.559. The molecule has 0 amide bonds. The van der Waals surface area contributed by atoms with E-state index in [1.165, 1.54) is 0 Å². The van der Waals surface area contributed by atoms with Crippen molar-refractivity contribution in [2.45, 2.75) is 39.2 Å². The maximum absolute atomic E-state index is 13.1. The largest absolute Gasteiger partial charge is 0.481 e. The highest BCUT2D eigenvalue weighted by Gasteiger charge is 2.36. The first-order valence-electron chi connectivity index (χ1n) is 11.0. The molecule has 0 aromatic heterocycles. The summed E-state index contributed by atoms with van der Waals surface area (Å²) in [4.78, 5) is 25.5. The van der Waals surface area contributed by atoms with Crippen LogP contribution in [-0.2, 0) is 27.2 Å². The fourth-order valence-electron chi connectivity index (χ4n) is 3.76. The van der Waals surface area contributed by atoms with Crippen LogP contribution in [0.25, 0.3) is 11.1 Å². The minimum Gasteiger partial charge on any atom is -0.481 e. The first-order valence-corrected chi connectivity index (χ1v) is 12.0. The molecule has 0 unspecified atom stereocenters. The highest BCUT2D eigenvalue weighted by molar-refractivity contribution is 14.1. The van der Waals surface area contributed by atoms with Crippen LogP contribution in [0.3, 0.4) is 0 Å². The molecule has 0 aliphatic rings. The number of rotatable bonds is 8. The van der Waals surface area contributed by atoms with Gasteiger partial charge in [-0.25, -0.2) is 0 Å². The maximum Gasteiger partial charge on any atom is 0.310 e. The number of ether oxygens (including phenoxy) is 1. The van der Waals surface area contributed by atoms with Crippen LogP contribution < -0.4 is 0 Å². The third-order valence-electron chi connectivity index (χ3n) is 5.40. The first-order chi connectivity index (χ1) is 15.6. The van der Waals surface area contributed by atoms with Crippen LogP contribution in [0.1, 0.15) is 31.9 Å². The third-order valence-corrected chi connectivity index (χ3v) is 6.12. The summed E-state index contributed by atoms with van der Waals surface area (Å²) in [5, 5.41) is 10.1. The highest BCUT2D eigenvalue weighted by atomic mass is 127. The number of benzene rings is 3. The molecule has 0 saturated carbocycles. The molecule has 172 valence electrons. The predicted octanol–water partition coefficient (Wildman–Crippen LogP) is 6.40. The van der Waals surface area contributed by atoms with Crippen molar-refractivity contribution in [2.75, 3.05) is 0 Å². The van der Waals surface area contributed by atoms with Gasteiger partial charge in [0.05, 0.1) is 11.8 Å². The Morgan fingerprint density at radius 1 is 0.788 bits per heavy atom. The number of halogens is 1. The molecule has 0 spiro atoms. The molecule has 3 rings (SSSR count). The lowest BCUT2D eigenvalue weighted by molar-refractivity contribution is -0.166. The van der Waals surface area contributed by atoms with E-state index in [-0.39, 0.29) is 6.42 Å². The topological polar surface area (TPSA) is 63.6 Å². The third kappa shape index (κ3) is 7.42. The Labute approximate surface area is 209 Å². The molecular formula is C28H29IO4. The van der Waals surface area contributed by atoms with E-state index in [1.807, 2.05) is 78.9 Å². The summed E-state index contributed by atoms with van der Waals surface area (Å²) in [5.41, 5.74) is 3.26. The zero-order valence-corrected chi connectivity index (χ0v) is 21.3. The molecule has 0 bridgehead atoms. The van der Waals surface area contributed by atoms with Crippen molar-refractivity contribution in [3.8, 4) is 11.1 Å². The van der Waals surface area contributed by atoms with Gasteiger partial charge in [0, 0.05) is 3.57 Å². The van der Waals surface area contributed by atoms with E-state index >= 15 is 0 Å². The van der Waals surface area contributed by atoms with Gasteiger partial charge in [0.2, 0.25) is 0 Å². The quantitative estimate of drug-likeness (QED) is 0.258. The Bertz CT molecular complexity index is 1070. The molecular weight excluding hydrogens is 527 g/mol. The van der Waals surface area contributed by atoms with Gasteiger partial charge < -0.3 is 9.84 Å². The van der Waals surface area contributed by atoms with Crippen molar-refractivity contribution in [1.29, 1.82) is 0 Å². The molecule has 2 atom stereocenters. The van der Waals surface area contributed by atoms with Crippen molar-refractivity contribution in [3.05, 3.63) is 93.6 Å². The van der Waals surface area contributed by atoms with Gasteiger partial charge in [0.1, 0.15) is 5.60 Å². The second-order valence-corrected chi connectivity index (χ2v) is 10.4. The van der Waals surface area contributed by atoms with Gasteiger partial charge in [-0.2, -0.15) is 0 Å². The number of aliphatic carboxylic acids is 1. The van der Waals surface area contributed by atoms with Gasteiger partial charge in [0.15, 0.2) is 0 Å². The van der Waals surface area contributed by atoms with E-state index in [2.05, 4.69) is 22.6 Å². The molecule has 0 aliphatic heterocycles. The van der Waals surface area contributed by atoms with Crippen molar-refractivity contribution >= 4 is 34.5 Å². The summed E-state index contributed by atoms with van der Waals surface area (Å²) < 4.78 is 6.72. The predicted molar refractivity (Wildman–Crippen MR) is 139 cm³/mol. The summed E-state index contributed by atoms with van der Waals surface area (Å²) in [6, 6.07) is 25.7. The maximum atomic E-state index is 13.1. The molecule has 4 nitrogen and oxygen atoms in total. The lowest BCUT2D eigenvalue weighted by Crippen LogP contribution is -2.37. The van der Waals surface area contributed by atoms with Gasteiger partial charge in [-0.15, -0.1) is 0 Å². The fraction of sp³-hybridized carbons (Fsp3) is 0.286. The molecule has 33 heavy (non-hydrogen) atoms. The lowest BCUT2D eigenvalue weighted by Gasteiger charge is -2.27. The molecule has 3 aromatic rings. The van der Waals surface area contributed by atoms with E-state index < -0.39 is 29.4 Å². The van der Waals surface area contributed by atoms with Gasteiger partial charge in [-0.05, 0) is 90.6 Å². The second-order valence-electron chi connectivity index (χ2n) is 9.18. The number of carbonyl (C=O) groups excluding carboxylic acids is 1. The standard InChI is InChI=1S/C28H29IO4/c1-28(2,3)33-27(32)25(18-20-11-15-23(29)16-12-20)24(26(30)31)17-19-9-13-22(14-10-19)21-7-5-4-6-8-21/h4-16,24-25H,17-18H2,1-3H3,(H,30,31)/t24-,25-/m0/s1. The Morgan fingerprint density at radius 2 is 1.27 bits per heavy atom. The van der Waals surface area contributed by atoms with Crippen LogP contribution in [0.2, 0.25) is 0 Å². The van der Waals surface area contributed by atoms with E-state index in [1.54, 1.807) is 20.8 Å². The van der Waals surface area contributed by atoms with Crippen LogP contribution in [0, 0.1) is 15.4 Å². The average Bonchev–Trinajstić information content (AvgIpc) is 2.77. The van der Waals surface area contributed by atoms with Crippen LogP contribution in [0.5, 0.6) is 0 Å². The number of carboxylic acid groups (broad SMARTS) is 1. The molecule has 0 aliphatic carbocycles. The smallest absolute Gasteiger partial charge is 0.310 e. The van der Waals surface area contributed by atoms with E-state index in [4.69, 9.17) is 4.74 Å². The van der Waals surface area contributed by atoms with Crippen molar-refractivity contribution in [2.24, 2.45) is 11.8 Å². The number of hydrogen-bond donors (Lipinski definition) is 1. The van der Waals surface area contributed by atoms with Crippen LogP contribution >= 0.6 is 22.6 Å². The summed E-state index contributed by atoms with van der Waals surface area (Å²) in [5.74, 6) is -3.17. The molecule has 0 heterocycles. The fourth-order valence-corrected chi connectivity index (χ4v) is 4.12. The Kier molecular flexibility index (Phi) is 8.30. The molecule has 3 aromatic carbocycles. The highest BCUT2D eigenvalue weighted by Crippen LogP contribution is 2.27. The van der Waals surface area contributed by atoms with Crippen LogP contribution in [0.15, 0.2) is 78.9 Å². The van der Waals surface area contributed by atoms with Gasteiger partial charge in [-0.1, -0.05) is 66.7 Å². The number of carbonyl (C=O) groups is 2. The minimum atomic E-state index is -0.997. The zero-order chi connectivity index (χ0) is 24.0. The Balaban J connectivity index is 1.86. The van der Waals surface area contributed by atoms with Gasteiger partial charge in [-0.3, -0.25) is 9.59 Å². The van der Waals surface area contributed by atoms with Crippen LogP contribution in [-0.4, -0.2) is 22.6 Å². The molecule has 1 N–H and O–H groups in total. The minimum absolute atomic E-state index is 0.249. The summed E-state index contributed by atoms with van der Waals surface area (Å²) in [6.45, 7) is 5.39. The summed E-state index contributed by atoms with van der Waals surface area (Å²) in [7, 11) is 0. The number of carboxylic acids is 1. The summed E-state index contributed by atoms with van der Waals surface area (Å²) >= 11 is 2.22. The van der Waals surface area contributed by atoms with Crippen molar-refractivity contribution < 1.29 is 19.4 Å². The second kappa shape index (κ2) is 11.0. The molecule has 5 heteroatoms. The lowest BCUT2D eigenvalue weighted by atomic mass is 9.82. The van der Waals surface area contributed by atoms with E-state index in [9.17, 15) is 14.7 Å². The molecule has 0 saturated heterocycles. The Hall–Kier alpha value is -2.67. The van der Waals surface area contributed by atoms with E-state index in [0.29, 0.717) is 6.42 Å². The van der Waals surface area contributed by atoms with Crippen molar-refractivity contribution in [1.82, 2.24) is 0 Å².